The fraction of sp³-hybridized carbons (Fsp3) is 0.519. The molecule has 196 valence electrons. The van der Waals surface area contributed by atoms with E-state index in [0.29, 0.717) is 13.1 Å². The van der Waals surface area contributed by atoms with Crippen LogP contribution >= 0.6 is 0 Å². The molecule has 2 rings (SSSR count). The smallest absolute Gasteiger partial charge is 0.407 e. The Morgan fingerprint density at radius 2 is 1.37 bits per heavy atom. The SMILES string of the molecule is CC(NCCCN)c1cccc(F)c1.CC(NCCCNC(=O)OC(C)(C)C)c1cccc(F)c1. The minimum Gasteiger partial charge on any atom is -0.444 e. The summed E-state index contributed by atoms with van der Waals surface area (Å²) in [6.45, 7) is 12.3. The highest BCUT2D eigenvalue weighted by molar-refractivity contribution is 5.67. The summed E-state index contributed by atoms with van der Waals surface area (Å²) in [5.74, 6) is -0.414. The number of nitrogens with one attached hydrogen (secondary N) is 3. The van der Waals surface area contributed by atoms with Crippen LogP contribution < -0.4 is 21.7 Å². The first kappa shape index (κ1) is 30.5. The van der Waals surface area contributed by atoms with Gasteiger partial charge in [-0.25, -0.2) is 13.6 Å². The van der Waals surface area contributed by atoms with Crippen molar-refractivity contribution in [2.75, 3.05) is 26.2 Å². The van der Waals surface area contributed by atoms with Crippen LogP contribution in [-0.4, -0.2) is 37.9 Å². The van der Waals surface area contributed by atoms with E-state index in [1.165, 1.54) is 18.2 Å². The minimum atomic E-state index is -0.478. The summed E-state index contributed by atoms with van der Waals surface area (Å²) in [5.41, 5.74) is 6.79. The average molecular weight is 493 g/mol. The van der Waals surface area contributed by atoms with E-state index < -0.39 is 11.7 Å². The molecule has 5 N–H and O–H groups in total. The largest absolute Gasteiger partial charge is 0.444 e. The molecule has 2 aromatic rings. The van der Waals surface area contributed by atoms with Gasteiger partial charge >= 0.3 is 6.09 Å². The van der Waals surface area contributed by atoms with Crippen molar-refractivity contribution in [3.63, 3.8) is 0 Å². The highest BCUT2D eigenvalue weighted by Crippen LogP contribution is 2.14. The minimum absolute atomic E-state index is 0.0715. The first-order valence-corrected chi connectivity index (χ1v) is 12.2. The Morgan fingerprint density at radius 3 is 1.80 bits per heavy atom. The maximum atomic E-state index is 13.1. The highest BCUT2D eigenvalue weighted by Gasteiger charge is 2.15. The molecule has 6 nitrogen and oxygen atoms in total. The molecule has 0 heterocycles. The zero-order valence-electron chi connectivity index (χ0n) is 21.7. The van der Waals surface area contributed by atoms with Crippen molar-refractivity contribution < 1.29 is 18.3 Å². The summed E-state index contributed by atoms with van der Waals surface area (Å²) < 4.78 is 31.1. The van der Waals surface area contributed by atoms with Gasteiger partial charge in [-0.2, -0.15) is 0 Å². The van der Waals surface area contributed by atoms with E-state index in [-0.39, 0.29) is 23.7 Å². The summed E-state index contributed by atoms with van der Waals surface area (Å²) in [6, 6.07) is 13.5. The lowest BCUT2D eigenvalue weighted by Gasteiger charge is -2.20. The Kier molecular flexibility index (Phi) is 14.1. The molecule has 2 unspecified atom stereocenters. The fourth-order valence-electron chi connectivity index (χ4n) is 3.12. The Bertz CT molecular complexity index is 874. The van der Waals surface area contributed by atoms with Gasteiger partial charge < -0.3 is 26.4 Å². The van der Waals surface area contributed by atoms with Gasteiger partial charge in [0.2, 0.25) is 0 Å². The van der Waals surface area contributed by atoms with Crippen molar-refractivity contribution in [2.24, 2.45) is 5.73 Å². The molecular weight excluding hydrogens is 450 g/mol. The van der Waals surface area contributed by atoms with E-state index in [2.05, 4.69) is 16.0 Å². The predicted molar refractivity (Wildman–Crippen MR) is 138 cm³/mol. The number of hydrogen-bond acceptors (Lipinski definition) is 5. The van der Waals surface area contributed by atoms with Crippen LogP contribution in [0.4, 0.5) is 13.6 Å². The van der Waals surface area contributed by atoms with E-state index in [4.69, 9.17) is 10.5 Å². The third-order valence-corrected chi connectivity index (χ3v) is 5.00. The molecule has 0 fully saturated rings. The molecule has 0 saturated carbocycles. The third-order valence-electron chi connectivity index (χ3n) is 5.00. The second-order valence-electron chi connectivity index (χ2n) is 9.39. The number of ether oxygens (including phenoxy) is 1. The van der Waals surface area contributed by atoms with Crippen molar-refractivity contribution in [2.45, 2.75) is 65.1 Å². The molecular formula is C27H42F2N4O2. The first-order valence-electron chi connectivity index (χ1n) is 12.2. The average Bonchev–Trinajstić information content (AvgIpc) is 2.78. The predicted octanol–water partition coefficient (Wildman–Crippen LogP) is 5.22. The summed E-state index contributed by atoms with van der Waals surface area (Å²) in [6.07, 6.45) is 1.32. The molecule has 0 saturated heterocycles. The zero-order chi connectivity index (χ0) is 26.3. The normalized spacial score (nSPS) is 12.8. The molecule has 2 atom stereocenters. The molecule has 0 spiro atoms. The molecule has 1 amide bonds. The second-order valence-corrected chi connectivity index (χ2v) is 9.39. The lowest BCUT2D eigenvalue weighted by molar-refractivity contribution is 0.0527. The van der Waals surface area contributed by atoms with Crippen LogP contribution in [0.2, 0.25) is 0 Å². The maximum Gasteiger partial charge on any atom is 0.407 e. The number of amides is 1. The lowest BCUT2D eigenvalue weighted by Crippen LogP contribution is -2.34. The molecule has 0 aliphatic rings. The van der Waals surface area contributed by atoms with Gasteiger partial charge in [0.25, 0.3) is 0 Å². The molecule has 0 aromatic heterocycles. The van der Waals surface area contributed by atoms with Gasteiger partial charge in [0.1, 0.15) is 17.2 Å². The number of carbonyl (C=O) groups is 1. The first-order chi connectivity index (χ1) is 16.5. The molecule has 2 aromatic carbocycles. The van der Waals surface area contributed by atoms with Gasteiger partial charge in [0.05, 0.1) is 0 Å². The maximum absolute atomic E-state index is 13.1. The number of rotatable bonds is 11. The monoisotopic (exact) mass is 492 g/mol. The second kappa shape index (κ2) is 16.2. The number of benzene rings is 2. The van der Waals surface area contributed by atoms with Gasteiger partial charge in [-0.1, -0.05) is 24.3 Å². The van der Waals surface area contributed by atoms with Crippen molar-refractivity contribution in [1.82, 2.24) is 16.0 Å². The van der Waals surface area contributed by atoms with Crippen LogP contribution in [0.1, 0.15) is 70.7 Å². The van der Waals surface area contributed by atoms with E-state index in [1.807, 2.05) is 46.8 Å². The Labute approximate surface area is 209 Å². The molecule has 0 bridgehead atoms. The number of halogens is 2. The zero-order valence-corrected chi connectivity index (χ0v) is 21.7. The van der Waals surface area contributed by atoms with Gasteiger partial charge in [-0.05, 0) is 102 Å². The molecule has 8 heteroatoms. The number of hydrogen-bond donors (Lipinski definition) is 4. The van der Waals surface area contributed by atoms with Crippen molar-refractivity contribution >= 4 is 6.09 Å². The van der Waals surface area contributed by atoms with Crippen LogP contribution in [0.25, 0.3) is 0 Å². The fourth-order valence-corrected chi connectivity index (χ4v) is 3.12. The van der Waals surface area contributed by atoms with Gasteiger partial charge in [0, 0.05) is 18.6 Å². The van der Waals surface area contributed by atoms with Gasteiger partial charge in [-0.3, -0.25) is 0 Å². The number of nitrogens with two attached hydrogens (primary N) is 1. The summed E-state index contributed by atoms with van der Waals surface area (Å²) in [7, 11) is 0. The third kappa shape index (κ3) is 14.4. The van der Waals surface area contributed by atoms with E-state index in [0.717, 1.165) is 37.1 Å². The summed E-state index contributed by atoms with van der Waals surface area (Å²) in [4.78, 5) is 11.4. The molecule has 35 heavy (non-hydrogen) atoms. The van der Waals surface area contributed by atoms with E-state index in [1.54, 1.807) is 18.2 Å². The number of alkyl carbamates (subject to hydrolysis) is 1. The van der Waals surface area contributed by atoms with Crippen LogP contribution in [0.3, 0.4) is 0 Å². The van der Waals surface area contributed by atoms with Gasteiger partial charge in [-0.15, -0.1) is 0 Å². The van der Waals surface area contributed by atoms with Crippen LogP contribution in [0, 0.1) is 11.6 Å². The molecule has 0 aliphatic heterocycles. The lowest BCUT2D eigenvalue weighted by atomic mass is 10.1. The molecule has 0 aliphatic carbocycles. The summed E-state index contributed by atoms with van der Waals surface area (Å²) in [5, 5.41) is 9.27. The Balaban J connectivity index is 0.000000379. The van der Waals surface area contributed by atoms with Crippen LogP contribution in [-0.2, 0) is 4.74 Å². The Hall–Kier alpha value is -2.55. The van der Waals surface area contributed by atoms with Crippen molar-refractivity contribution in [3.05, 3.63) is 71.3 Å². The van der Waals surface area contributed by atoms with E-state index >= 15 is 0 Å². The van der Waals surface area contributed by atoms with Gasteiger partial charge in [0.15, 0.2) is 0 Å². The standard InChI is InChI=1S/C16H25FN2O2.C11H17FN2/c1-12(13-7-5-8-14(17)11-13)18-9-6-10-19-15(20)21-16(2,3)4;1-9(14-7-3-6-13)10-4-2-5-11(12)8-10/h5,7-8,11-12,18H,6,9-10H2,1-4H3,(H,19,20);2,4-5,8-9,14H,3,6-7,13H2,1H3. The quantitative estimate of drug-likeness (QED) is 0.323. The topological polar surface area (TPSA) is 88.4 Å². The molecule has 0 radical (unpaired) electrons. The Morgan fingerprint density at radius 1 is 0.886 bits per heavy atom. The van der Waals surface area contributed by atoms with Crippen LogP contribution in [0.5, 0.6) is 0 Å². The summed E-state index contributed by atoms with van der Waals surface area (Å²) >= 11 is 0. The van der Waals surface area contributed by atoms with Crippen LogP contribution in [0.15, 0.2) is 48.5 Å². The number of carbonyl (C=O) groups excluding carboxylic acids is 1. The van der Waals surface area contributed by atoms with E-state index in [9.17, 15) is 13.6 Å². The van der Waals surface area contributed by atoms with Crippen molar-refractivity contribution in [3.8, 4) is 0 Å². The van der Waals surface area contributed by atoms with Crippen molar-refractivity contribution in [1.29, 1.82) is 0 Å². The highest BCUT2D eigenvalue weighted by atomic mass is 19.1.